The molecule has 4 nitrogen and oxygen atoms in total. The van der Waals surface area contributed by atoms with E-state index in [-0.39, 0.29) is 17.4 Å². The van der Waals surface area contributed by atoms with Crippen molar-refractivity contribution in [2.75, 3.05) is 11.9 Å². The molecule has 2 aliphatic carbocycles. The Morgan fingerprint density at radius 1 is 1.25 bits per heavy atom. The quantitative estimate of drug-likeness (QED) is 0.338. The van der Waals surface area contributed by atoms with Crippen LogP contribution in [0.3, 0.4) is 0 Å². The summed E-state index contributed by atoms with van der Waals surface area (Å²) in [5, 5.41) is 21.1. The average molecular weight is 516 g/mol. The lowest BCUT2D eigenvalue weighted by Crippen LogP contribution is -2.49. The van der Waals surface area contributed by atoms with Crippen LogP contribution in [0.5, 0.6) is 0 Å². The number of halogens is 2. The fraction of sp³-hybridized carbons (Fsp3) is 0.552. The van der Waals surface area contributed by atoms with E-state index in [1.54, 1.807) is 11.3 Å². The van der Waals surface area contributed by atoms with Crippen LogP contribution in [0.15, 0.2) is 59.4 Å². The van der Waals surface area contributed by atoms with Gasteiger partial charge in [-0.2, -0.15) is 0 Å². The number of aliphatic hydroxyl groups excluding tert-OH is 1. The fourth-order valence-electron chi connectivity index (χ4n) is 5.30. The molecule has 1 fully saturated rings. The SMILES string of the molecule is CC(C)(C)c1cccc(C2(NCC(O)CCC3=CC(F)=CC(F)C3)CCC(Nc3nccs3)CC2)c1. The first-order valence-electron chi connectivity index (χ1n) is 13.0. The summed E-state index contributed by atoms with van der Waals surface area (Å²) in [6.07, 6.45) is 7.46. The highest BCUT2D eigenvalue weighted by Crippen LogP contribution is 2.40. The molecule has 36 heavy (non-hydrogen) atoms. The van der Waals surface area contributed by atoms with Gasteiger partial charge in [-0.05, 0) is 67.2 Å². The summed E-state index contributed by atoms with van der Waals surface area (Å²) in [6.45, 7) is 7.12. The predicted octanol–water partition coefficient (Wildman–Crippen LogP) is 6.94. The zero-order chi connectivity index (χ0) is 25.8. The Balaban J connectivity index is 1.43. The number of anilines is 1. The van der Waals surface area contributed by atoms with Crippen LogP contribution in [-0.4, -0.2) is 35.0 Å². The number of allylic oxidation sites excluding steroid dienone is 4. The molecule has 2 aliphatic rings. The van der Waals surface area contributed by atoms with Crippen molar-refractivity contribution >= 4 is 16.5 Å². The monoisotopic (exact) mass is 515 g/mol. The Morgan fingerprint density at radius 3 is 2.69 bits per heavy atom. The van der Waals surface area contributed by atoms with Crippen LogP contribution in [0.4, 0.5) is 13.9 Å². The standard InChI is InChI=1S/C29H39F2N3OS/c1-28(2,3)21-5-4-6-22(17-21)29(11-9-25(10-12-29)34-27-32-13-14-36-27)33-19-26(35)8-7-20-15-23(30)18-24(31)16-20/h4-6,13-15,17-18,24-26,33,35H,7-12,16,19H2,1-3H3,(H,32,34). The van der Waals surface area contributed by atoms with Gasteiger partial charge in [-0.1, -0.05) is 50.6 Å². The van der Waals surface area contributed by atoms with Crippen LogP contribution in [0, 0.1) is 0 Å². The van der Waals surface area contributed by atoms with Gasteiger partial charge in [0.1, 0.15) is 12.0 Å². The van der Waals surface area contributed by atoms with Crippen LogP contribution in [0.25, 0.3) is 0 Å². The van der Waals surface area contributed by atoms with E-state index in [2.05, 4.69) is 60.7 Å². The molecule has 0 spiro atoms. The van der Waals surface area contributed by atoms with Gasteiger partial charge >= 0.3 is 0 Å². The van der Waals surface area contributed by atoms with Gasteiger partial charge < -0.3 is 15.7 Å². The number of rotatable bonds is 9. The summed E-state index contributed by atoms with van der Waals surface area (Å²) in [5.41, 5.74) is 3.10. The molecule has 1 saturated carbocycles. The average Bonchev–Trinajstić information content (AvgIpc) is 3.34. The van der Waals surface area contributed by atoms with Gasteiger partial charge in [-0.3, -0.25) is 0 Å². The van der Waals surface area contributed by atoms with Gasteiger partial charge in [0.25, 0.3) is 0 Å². The lowest BCUT2D eigenvalue weighted by Gasteiger charge is -2.43. The Bertz CT molecular complexity index is 1050. The third kappa shape index (κ3) is 7.02. The van der Waals surface area contributed by atoms with Gasteiger partial charge in [-0.25, -0.2) is 13.8 Å². The largest absolute Gasteiger partial charge is 0.392 e. The maximum absolute atomic E-state index is 13.7. The van der Waals surface area contributed by atoms with Crippen molar-refractivity contribution in [2.24, 2.45) is 0 Å². The number of nitrogens with zero attached hydrogens (tertiary/aromatic N) is 1. The number of hydrogen-bond donors (Lipinski definition) is 3. The van der Waals surface area contributed by atoms with Crippen molar-refractivity contribution < 1.29 is 13.9 Å². The second kappa shape index (κ2) is 11.5. The molecule has 0 saturated heterocycles. The molecule has 196 valence electrons. The number of alkyl halides is 1. The van der Waals surface area contributed by atoms with Crippen LogP contribution in [0.1, 0.15) is 76.8 Å². The highest BCUT2D eigenvalue weighted by Gasteiger charge is 2.37. The summed E-state index contributed by atoms with van der Waals surface area (Å²) < 4.78 is 27.2. The van der Waals surface area contributed by atoms with Gasteiger partial charge in [0, 0.05) is 36.1 Å². The van der Waals surface area contributed by atoms with Crippen LogP contribution in [0.2, 0.25) is 0 Å². The number of aliphatic hydroxyl groups is 1. The third-order valence-electron chi connectivity index (χ3n) is 7.49. The van der Waals surface area contributed by atoms with E-state index in [0.29, 0.717) is 25.4 Å². The van der Waals surface area contributed by atoms with E-state index in [0.717, 1.165) is 42.5 Å². The van der Waals surface area contributed by atoms with Crippen LogP contribution < -0.4 is 10.6 Å². The molecule has 2 atom stereocenters. The molecule has 0 bridgehead atoms. The summed E-state index contributed by atoms with van der Waals surface area (Å²) >= 11 is 1.62. The molecule has 7 heteroatoms. The molecule has 4 rings (SSSR count). The van der Waals surface area contributed by atoms with Gasteiger partial charge in [0.15, 0.2) is 5.13 Å². The normalized spacial score (nSPS) is 25.7. The van der Waals surface area contributed by atoms with E-state index in [1.165, 1.54) is 17.2 Å². The highest BCUT2D eigenvalue weighted by molar-refractivity contribution is 7.13. The van der Waals surface area contributed by atoms with Crippen molar-refractivity contribution in [3.63, 3.8) is 0 Å². The zero-order valence-electron chi connectivity index (χ0n) is 21.6. The first-order chi connectivity index (χ1) is 17.1. The molecule has 1 aromatic carbocycles. The molecule has 1 heterocycles. The van der Waals surface area contributed by atoms with Gasteiger partial charge in [0.2, 0.25) is 0 Å². The second-order valence-electron chi connectivity index (χ2n) is 11.3. The van der Waals surface area contributed by atoms with Crippen LogP contribution in [-0.2, 0) is 11.0 Å². The Kier molecular flexibility index (Phi) is 8.63. The molecule has 0 radical (unpaired) electrons. The summed E-state index contributed by atoms with van der Waals surface area (Å²) in [5.74, 6) is -0.517. The van der Waals surface area contributed by atoms with E-state index >= 15 is 0 Å². The summed E-state index contributed by atoms with van der Waals surface area (Å²) in [6, 6.07) is 9.21. The van der Waals surface area contributed by atoms with Crippen LogP contribution >= 0.6 is 11.3 Å². The minimum absolute atomic E-state index is 0.0477. The van der Waals surface area contributed by atoms with Crippen molar-refractivity contribution in [3.8, 4) is 0 Å². The first-order valence-corrected chi connectivity index (χ1v) is 13.9. The van der Waals surface area contributed by atoms with Crippen molar-refractivity contribution in [3.05, 3.63) is 70.5 Å². The second-order valence-corrected chi connectivity index (χ2v) is 12.2. The van der Waals surface area contributed by atoms with E-state index in [9.17, 15) is 13.9 Å². The third-order valence-corrected chi connectivity index (χ3v) is 8.20. The molecular weight excluding hydrogens is 476 g/mol. The first kappa shape index (κ1) is 27.0. The number of benzene rings is 1. The molecule has 1 aromatic heterocycles. The highest BCUT2D eigenvalue weighted by atomic mass is 32.1. The predicted molar refractivity (Wildman–Crippen MR) is 145 cm³/mol. The van der Waals surface area contributed by atoms with Crippen molar-refractivity contribution in [2.45, 2.75) is 95.0 Å². The molecule has 0 aliphatic heterocycles. The van der Waals surface area contributed by atoms with E-state index < -0.39 is 18.1 Å². The van der Waals surface area contributed by atoms with E-state index in [1.807, 2.05) is 11.6 Å². The minimum Gasteiger partial charge on any atom is -0.392 e. The molecular formula is C29H39F2N3OS. The topological polar surface area (TPSA) is 57.2 Å². The Labute approximate surface area is 217 Å². The molecule has 2 unspecified atom stereocenters. The van der Waals surface area contributed by atoms with Crippen molar-refractivity contribution in [1.82, 2.24) is 10.3 Å². The maximum Gasteiger partial charge on any atom is 0.182 e. The number of hydrogen-bond acceptors (Lipinski definition) is 5. The summed E-state index contributed by atoms with van der Waals surface area (Å²) in [7, 11) is 0. The number of thiazole rings is 1. The smallest absolute Gasteiger partial charge is 0.182 e. The summed E-state index contributed by atoms with van der Waals surface area (Å²) in [4.78, 5) is 4.38. The number of nitrogens with one attached hydrogen (secondary N) is 2. The van der Waals surface area contributed by atoms with Crippen molar-refractivity contribution in [1.29, 1.82) is 0 Å². The lowest BCUT2D eigenvalue weighted by atomic mass is 9.73. The van der Waals surface area contributed by atoms with Gasteiger partial charge in [0.05, 0.1) is 6.10 Å². The van der Waals surface area contributed by atoms with E-state index in [4.69, 9.17) is 0 Å². The Hall–Kier alpha value is -2.09. The van der Waals surface area contributed by atoms with Gasteiger partial charge in [-0.15, -0.1) is 11.3 Å². The lowest BCUT2D eigenvalue weighted by molar-refractivity contribution is 0.129. The maximum atomic E-state index is 13.7. The minimum atomic E-state index is -1.27. The molecule has 0 amide bonds. The zero-order valence-corrected chi connectivity index (χ0v) is 22.4. The molecule has 2 aromatic rings. The fourth-order valence-corrected chi connectivity index (χ4v) is 5.91. The number of aromatic nitrogens is 1. The Morgan fingerprint density at radius 2 is 2.03 bits per heavy atom. The molecule has 3 N–H and O–H groups in total.